The summed E-state index contributed by atoms with van der Waals surface area (Å²) in [6.07, 6.45) is 0. The fourth-order valence-electron chi connectivity index (χ4n) is 2.05. The van der Waals surface area contributed by atoms with Crippen LogP contribution in [0.3, 0.4) is 0 Å². The molecule has 106 valence electrons. The second-order valence-corrected chi connectivity index (χ2v) is 4.26. The highest BCUT2D eigenvalue weighted by atomic mass is 16.6. The molecular formula is C12H9N5O4. The van der Waals surface area contributed by atoms with Crippen LogP contribution in [0.25, 0.3) is 5.69 Å². The molecule has 1 aromatic heterocycles. The highest BCUT2D eigenvalue weighted by molar-refractivity contribution is 5.55. The molecule has 0 atom stereocenters. The average Bonchev–Trinajstić information content (AvgIpc) is 2.73. The van der Waals surface area contributed by atoms with Crippen molar-refractivity contribution in [2.24, 2.45) is 0 Å². The molecule has 9 nitrogen and oxygen atoms in total. The molecule has 0 unspecified atom stereocenters. The summed E-state index contributed by atoms with van der Waals surface area (Å²) in [5, 5.41) is 34.8. The van der Waals surface area contributed by atoms with Crippen LogP contribution < -0.4 is 0 Å². The molecule has 2 rings (SSSR count). The molecule has 0 amide bonds. The van der Waals surface area contributed by atoms with Crippen molar-refractivity contribution in [1.82, 2.24) is 9.78 Å². The molecule has 0 saturated heterocycles. The summed E-state index contributed by atoms with van der Waals surface area (Å²) < 4.78 is 1.29. The van der Waals surface area contributed by atoms with Gasteiger partial charge in [0.15, 0.2) is 0 Å². The standard InChI is InChI=1S/C12H9N5O4/c1-7-12(17(20)21)8(2)15(14-7)10-3-4-11(16(18)19)9(5-10)6-13/h3-5H,1-2H3. The Hall–Kier alpha value is -3.28. The van der Waals surface area contributed by atoms with Gasteiger partial charge in [-0.25, -0.2) is 4.68 Å². The Morgan fingerprint density at radius 2 is 1.90 bits per heavy atom. The second kappa shape index (κ2) is 5.01. The molecule has 2 aromatic rings. The fraction of sp³-hybridized carbons (Fsp3) is 0.167. The molecule has 0 fully saturated rings. The van der Waals surface area contributed by atoms with E-state index >= 15 is 0 Å². The quantitative estimate of drug-likeness (QED) is 0.628. The Morgan fingerprint density at radius 1 is 1.24 bits per heavy atom. The van der Waals surface area contributed by atoms with Crippen LogP contribution in [0.15, 0.2) is 18.2 Å². The molecule has 0 aliphatic rings. The number of nitro benzene ring substituents is 1. The van der Waals surface area contributed by atoms with Gasteiger partial charge in [0.25, 0.3) is 5.69 Å². The number of aromatic nitrogens is 2. The van der Waals surface area contributed by atoms with Crippen LogP contribution in [-0.2, 0) is 0 Å². The molecular weight excluding hydrogens is 278 g/mol. The third-order valence-corrected chi connectivity index (χ3v) is 2.98. The average molecular weight is 287 g/mol. The van der Waals surface area contributed by atoms with Crippen molar-refractivity contribution in [2.75, 3.05) is 0 Å². The Labute approximate surface area is 118 Å². The number of nitriles is 1. The zero-order valence-corrected chi connectivity index (χ0v) is 11.1. The maximum absolute atomic E-state index is 11.0. The van der Waals surface area contributed by atoms with E-state index in [9.17, 15) is 20.2 Å². The van der Waals surface area contributed by atoms with E-state index in [1.54, 1.807) is 6.07 Å². The molecule has 0 spiro atoms. The van der Waals surface area contributed by atoms with Gasteiger partial charge in [-0.3, -0.25) is 20.2 Å². The summed E-state index contributed by atoms with van der Waals surface area (Å²) in [5.41, 5.74) is 0.298. The minimum absolute atomic E-state index is 0.119. The lowest BCUT2D eigenvalue weighted by molar-refractivity contribution is -0.386. The fourth-order valence-corrected chi connectivity index (χ4v) is 2.05. The molecule has 1 aromatic carbocycles. The highest BCUT2D eigenvalue weighted by Crippen LogP contribution is 2.27. The summed E-state index contributed by atoms with van der Waals surface area (Å²) in [5.74, 6) is 0. The number of hydrogen-bond donors (Lipinski definition) is 0. The zero-order valence-electron chi connectivity index (χ0n) is 11.1. The SMILES string of the molecule is Cc1nn(-c2ccc([N+](=O)[O-])c(C#N)c2)c(C)c1[N+](=O)[O-]. The Kier molecular flexibility index (Phi) is 3.37. The van der Waals surface area contributed by atoms with Crippen LogP contribution >= 0.6 is 0 Å². The van der Waals surface area contributed by atoms with E-state index in [4.69, 9.17) is 5.26 Å². The normalized spacial score (nSPS) is 10.1. The molecule has 0 radical (unpaired) electrons. The maximum Gasteiger partial charge on any atom is 0.313 e. The number of rotatable bonds is 3. The van der Waals surface area contributed by atoms with Gasteiger partial charge in [-0.1, -0.05) is 0 Å². The lowest BCUT2D eigenvalue weighted by atomic mass is 10.1. The summed E-state index contributed by atoms with van der Waals surface area (Å²) in [6.45, 7) is 3.02. The van der Waals surface area contributed by atoms with Crippen molar-refractivity contribution in [3.8, 4) is 11.8 Å². The maximum atomic E-state index is 11.0. The predicted molar refractivity (Wildman–Crippen MR) is 71.1 cm³/mol. The smallest absolute Gasteiger partial charge is 0.258 e. The first-order valence-electron chi connectivity index (χ1n) is 5.76. The molecule has 0 saturated carbocycles. The van der Waals surface area contributed by atoms with Crippen molar-refractivity contribution in [3.05, 3.63) is 55.4 Å². The second-order valence-electron chi connectivity index (χ2n) is 4.26. The lowest BCUT2D eigenvalue weighted by Gasteiger charge is -2.04. The largest absolute Gasteiger partial charge is 0.313 e. The summed E-state index contributed by atoms with van der Waals surface area (Å²) >= 11 is 0. The van der Waals surface area contributed by atoms with Gasteiger partial charge in [-0.15, -0.1) is 0 Å². The van der Waals surface area contributed by atoms with Crippen LogP contribution in [0.5, 0.6) is 0 Å². The van der Waals surface area contributed by atoms with E-state index in [0.29, 0.717) is 5.69 Å². The van der Waals surface area contributed by atoms with Crippen LogP contribution in [0.1, 0.15) is 17.0 Å². The molecule has 9 heteroatoms. The van der Waals surface area contributed by atoms with Gasteiger partial charge in [0.1, 0.15) is 23.0 Å². The van der Waals surface area contributed by atoms with E-state index in [2.05, 4.69) is 5.10 Å². The van der Waals surface area contributed by atoms with Crippen molar-refractivity contribution < 1.29 is 9.85 Å². The Balaban J connectivity index is 2.64. The molecule has 0 N–H and O–H groups in total. The van der Waals surface area contributed by atoms with E-state index in [0.717, 1.165) is 0 Å². The van der Waals surface area contributed by atoms with Gasteiger partial charge in [0, 0.05) is 6.07 Å². The van der Waals surface area contributed by atoms with E-state index in [-0.39, 0.29) is 28.3 Å². The van der Waals surface area contributed by atoms with Gasteiger partial charge in [0.2, 0.25) is 0 Å². The molecule has 0 aliphatic carbocycles. The molecule has 1 heterocycles. The lowest BCUT2D eigenvalue weighted by Crippen LogP contribution is -2.01. The molecule has 0 bridgehead atoms. The molecule has 21 heavy (non-hydrogen) atoms. The number of hydrogen-bond acceptors (Lipinski definition) is 6. The van der Waals surface area contributed by atoms with Gasteiger partial charge in [0.05, 0.1) is 15.5 Å². The van der Waals surface area contributed by atoms with Gasteiger partial charge in [-0.2, -0.15) is 10.4 Å². The van der Waals surface area contributed by atoms with Gasteiger partial charge >= 0.3 is 5.69 Å². The third-order valence-electron chi connectivity index (χ3n) is 2.98. The number of aryl methyl sites for hydroxylation is 1. The first-order chi connectivity index (χ1) is 9.86. The third kappa shape index (κ3) is 2.30. The number of benzene rings is 1. The highest BCUT2D eigenvalue weighted by Gasteiger charge is 2.23. The monoisotopic (exact) mass is 287 g/mol. The van der Waals surface area contributed by atoms with Crippen LogP contribution in [0.4, 0.5) is 11.4 Å². The van der Waals surface area contributed by atoms with Crippen LogP contribution in [0, 0.1) is 45.4 Å². The summed E-state index contributed by atoms with van der Waals surface area (Å²) in [7, 11) is 0. The Morgan fingerprint density at radius 3 is 2.38 bits per heavy atom. The first kappa shape index (κ1) is 14.1. The Bertz CT molecular complexity index is 803. The number of nitro groups is 2. The van der Waals surface area contributed by atoms with Gasteiger partial charge < -0.3 is 0 Å². The van der Waals surface area contributed by atoms with E-state index < -0.39 is 9.85 Å². The van der Waals surface area contributed by atoms with Crippen molar-refractivity contribution in [3.63, 3.8) is 0 Å². The summed E-state index contributed by atoms with van der Waals surface area (Å²) in [4.78, 5) is 20.6. The predicted octanol–water partition coefficient (Wildman–Crippen LogP) is 2.18. The van der Waals surface area contributed by atoms with Gasteiger partial charge in [-0.05, 0) is 26.0 Å². The minimum atomic E-state index is -0.661. The van der Waals surface area contributed by atoms with E-state index in [1.165, 1.54) is 36.7 Å². The van der Waals surface area contributed by atoms with Crippen LogP contribution in [0.2, 0.25) is 0 Å². The van der Waals surface area contributed by atoms with Crippen molar-refractivity contribution in [2.45, 2.75) is 13.8 Å². The topological polar surface area (TPSA) is 128 Å². The van der Waals surface area contributed by atoms with Crippen molar-refractivity contribution >= 4 is 11.4 Å². The van der Waals surface area contributed by atoms with Crippen molar-refractivity contribution in [1.29, 1.82) is 5.26 Å². The minimum Gasteiger partial charge on any atom is -0.258 e. The number of nitrogens with zero attached hydrogens (tertiary/aromatic N) is 5. The summed E-state index contributed by atoms with van der Waals surface area (Å²) in [6, 6.07) is 5.58. The van der Waals surface area contributed by atoms with E-state index in [1.807, 2.05) is 0 Å². The first-order valence-corrected chi connectivity index (χ1v) is 5.76. The molecule has 0 aliphatic heterocycles. The zero-order chi connectivity index (χ0) is 15.7. The van der Waals surface area contributed by atoms with Crippen LogP contribution in [-0.4, -0.2) is 19.6 Å².